The largest absolute Gasteiger partial charge is 0.378 e. The first-order chi connectivity index (χ1) is 18.0. The van der Waals surface area contributed by atoms with Gasteiger partial charge >= 0.3 is 6.03 Å². The van der Waals surface area contributed by atoms with E-state index in [1.165, 1.54) is 0 Å². The number of nitrogens with zero attached hydrogens (tertiary/aromatic N) is 8. The number of carbonyl (C=O) groups is 2. The molecule has 2 fully saturated rings. The first kappa shape index (κ1) is 23.5. The van der Waals surface area contributed by atoms with E-state index in [4.69, 9.17) is 9.72 Å². The van der Waals surface area contributed by atoms with E-state index in [2.05, 4.69) is 19.9 Å². The fraction of sp³-hybridized carbons (Fsp3) is 0.462. The lowest BCUT2D eigenvalue weighted by atomic mass is 9.99. The third-order valence-corrected chi connectivity index (χ3v) is 7.45. The van der Waals surface area contributed by atoms with Crippen LogP contribution >= 0.6 is 0 Å². The Morgan fingerprint density at radius 2 is 1.73 bits per heavy atom. The number of urea groups is 1. The van der Waals surface area contributed by atoms with Crippen LogP contribution in [-0.2, 0) is 16.1 Å². The highest BCUT2D eigenvalue weighted by Crippen LogP contribution is 2.37. The Labute approximate surface area is 215 Å². The zero-order valence-corrected chi connectivity index (χ0v) is 21.1. The lowest BCUT2D eigenvalue weighted by molar-refractivity contribution is -0.129. The second-order valence-electron chi connectivity index (χ2n) is 9.81. The molecule has 0 atom stereocenters. The molecule has 6 heterocycles. The topological polar surface area (TPSA) is 108 Å². The van der Waals surface area contributed by atoms with Crippen LogP contribution in [0, 0.1) is 0 Å². The lowest BCUT2D eigenvalue weighted by Crippen LogP contribution is -2.54. The summed E-state index contributed by atoms with van der Waals surface area (Å²) in [7, 11) is 1.81. The van der Waals surface area contributed by atoms with Crippen LogP contribution in [0.2, 0.25) is 0 Å². The van der Waals surface area contributed by atoms with Crippen LogP contribution in [0.5, 0.6) is 0 Å². The van der Waals surface area contributed by atoms with E-state index in [9.17, 15) is 9.59 Å². The zero-order chi connectivity index (χ0) is 25.5. The van der Waals surface area contributed by atoms with E-state index >= 15 is 0 Å². The number of rotatable bonds is 3. The van der Waals surface area contributed by atoms with E-state index in [1.54, 1.807) is 24.2 Å². The molecule has 0 bridgehead atoms. The van der Waals surface area contributed by atoms with Crippen molar-refractivity contribution in [3.63, 3.8) is 0 Å². The highest BCUT2D eigenvalue weighted by atomic mass is 16.5. The molecule has 3 aliphatic heterocycles. The van der Waals surface area contributed by atoms with Crippen LogP contribution in [0.1, 0.15) is 25.3 Å². The third kappa shape index (κ3) is 4.33. The van der Waals surface area contributed by atoms with Crippen molar-refractivity contribution in [1.29, 1.82) is 0 Å². The van der Waals surface area contributed by atoms with Crippen LogP contribution in [0.3, 0.4) is 0 Å². The van der Waals surface area contributed by atoms with Gasteiger partial charge in [-0.25, -0.2) is 19.7 Å². The molecule has 192 valence electrons. The van der Waals surface area contributed by atoms with Crippen LogP contribution < -0.4 is 9.80 Å². The molecule has 6 rings (SSSR count). The molecule has 3 aromatic heterocycles. The van der Waals surface area contributed by atoms with E-state index in [0.717, 1.165) is 54.0 Å². The van der Waals surface area contributed by atoms with Crippen molar-refractivity contribution in [3.8, 4) is 11.3 Å². The number of likely N-dealkylation sites (tertiary alicyclic amines) is 1. The molecule has 3 amide bonds. The molecule has 3 aliphatic rings. The van der Waals surface area contributed by atoms with E-state index < -0.39 is 0 Å². The molecule has 0 N–H and O–H groups in total. The zero-order valence-electron chi connectivity index (χ0n) is 21.1. The van der Waals surface area contributed by atoms with Crippen molar-refractivity contribution in [2.24, 2.45) is 0 Å². The van der Waals surface area contributed by atoms with E-state index in [0.29, 0.717) is 44.3 Å². The summed E-state index contributed by atoms with van der Waals surface area (Å²) in [6.07, 6.45) is 6.88. The fourth-order valence-electron chi connectivity index (χ4n) is 5.40. The molecule has 0 radical (unpaired) electrons. The summed E-state index contributed by atoms with van der Waals surface area (Å²) in [5.74, 6) is 0.757. The minimum Gasteiger partial charge on any atom is -0.378 e. The predicted octanol–water partition coefficient (Wildman–Crippen LogP) is 2.31. The highest BCUT2D eigenvalue weighted by Gasteiger charge is 2.37. The lowest BCUT2D eigenvalue weighted by Gasteiger charge is -2.43. The Bertz CT molecular complexity index is 1330. The molecule has 11 nitrogen and oxygen atoms in total. The molecular weight excluding hydrogens is 472 g/mol. The summed E-state index contributed by atoms with van der Waals surface area (Å²) in [6, 6.07) is 3.79. The van der Waals surface area contributed by atoms with Crippen LogP contribution in [-0.4, -0.2) is 94.2 Å². The van der Waals surface area contributed by atoms with Crippen molar-refractivity contribution >= 4 is 34.6 Å². The van der Waals surface area contributed by atoms with Crippen LogP contribution in [0.4, 0.5) is 16.4 Å². The summed E-state index contributed by atoms with van der Waals surface area (Å²) in [5.41, 5.74) is 4.75. The van der Waals surface area contributed by atoms with Crippen molar-refractivity contribution in [2.45, 2.75) is 32.4 Å². The van der Waals surface area contributed by atoms with Gasteiger partial charge in [-0.15, -0.1) is 0 Å². The Morgan fingerprint density at radius 1 is 1.00 bits per heavy atom. The number of pyridine rings is 2. The molecule has 0 saturated carbocycles. The predicted molar refractivity (Wildman–Crippen MR) is 138 cm³/mol. The maximum absolute atomic E-state index is 13.5. The fourth-order valence-corrected chi connectivity index (χ4v) is 5.40. The molecule has 11 heteroatoms. The van der Waals surface area contributed by atoms with Crippen LogP contribution in [0.15, 0.2) is 30.7 Å². The maximum Gasteiger partial charge on any atom is 0.324 e. The second-order valence-corrected chi connectivity index (χ2v) is 9.81. The number of ether oxygens (including phenoxy) is 1. The smallest absolute Gasteiger partial charge is 0.324 e. The number of amides is 3. The molecule has 0 spiro atoms. The van der Waals surface area contributed by atoms with Gasteiger partial charge < -0.3 is 19.4 Å². The summed E-state index contributed by atoms with van der Waals surface area (Å²) < 4.78 is 5.42. The molecule has 3 aromatic rings. The van der Waals surface area contributed by atoms with Gasteiger partial charge in [0.2, 0.25) is 11.9 Å². The Kier molecular flexibility index (Phi) is 6.07. The number of hydrogen-bond acceptors (Lipinski definition) is 8. The average Bonchev–Trinajstić information content (AvgIpc) is 2.94. The van der Waals surface area contributed by atoms with Gasteiger partial charge in [-0.05, 0) is 25.0 Å². The van der Waals surface area contributed by atoms with Gasteiger partial charge in [0.05, 0.1) is 36.7 Å². The molecule has 2 saturated heterocycles. The number of hydrogen-bond donors (Lipinski definition) is 0. The molecular formula is C26H30N8O3. The minimum absolute atomic E-state index is 0.0169. The van der Waals surface area contributed by atoms with Crippen molar-refractivity contribution in [1.82, 2.24) is 29.7 Å². The van der Waals surface area contributed by atoms with Crippen molar-refractivity contribution < 1.29 is 14.3 Å². The Balaban J connectivity index is 1.37. The molecule has 0 aliphatic carbocycles. The summed E-state index contributed by atoms with van der Waals surface area (Å²) in [5, 5.41) is 0. The summed E-state index contributed by atoms with van der Waals surface area (Å²) in [6.45, 7) is 6.24. The summed E-state index contributed by atoms with van der Waals surface area (Å²) in [4.78, 5) is 51.7. The number of carbonyl (C=O) groups excluding carboxylic acids is 2. The quantitative estimate of drug-likeness (QED) is 0.537. The van der Waals surface area contributed by atoms with Crippen LogP contribution in [0.25, 0.3) is 22.3 Å². The molecule has 0 unspecified atom stereocenters. The van der Waals surface area contributed by atoms with Gasteiger partial charge in [0.15, 0.2) is 0 Å². The monoisotopic (exact) mass is 502 g/mol. The number of piperidine rings is 1. The second kappa shape index (κ2) is 9.55. The first-order valence-corrected chi connectivity index (χ1v) is 12.7. The number of fused-ring (bicyclic) bond motifs is 3. The van der Waals surface area contributed by atoms with Crippen molar-refractivity contribution in [3.05, 3.63) is 36.3 Å². The Hall–Kier alpha value is -3.86. The van der Waals surface area contributed by atoms with E-state index in [1.807, 2.05) is 35.2 Å². The third-order valence-electron chi connectivity index (χ3n) is 7.45. The molecule has 0 aromatic carbocycles. The molecule has 37 heavy (non-hydrogen) atoms. The van der Waals surface area contributed by atoms with Gasteiger partial charge in [-0.2, -0.15) is 0 Å². The van der Waals surface area contributed by atoms with Gasteiger partial charge in [0.25, 0.3) is 0 Å². The van der Waals surface area contributed by atoms with Gasteiger partial charge in [0, 0.05) is 75.9 Å². The average molecular weight is 503 g/mol. The maximum atomic E-state index is 13.5. The van der Waals surface area contributed by atoms with Gasteiger partial charge in [-0.1, -0.05) is 0 Å². The summed E-state index contributed by atoms with van der Waals surface area (Å²) >= 11 is 0. The number of anilines is 2. The van der Waals surface area contributed by atoms with Gasteiger partial charge in [0.1, 0.15) is 5.52 Å². The number of morpholine rings is 1. The normalized spacial score (nSPS) is 18.9. The van der Waals surface area contributed by atoms with E-state index in [-0.39, 0.29) is 18.0 Å². The SMILES string of the molecule is CC(=O)N1CCC(N2C(=O)N(C)Cc3cnc4ccc(-c5cnc(N6CCOCC6)nc5)nc4c32)CC1. The number of aromatic nitrogens is 4. The van der Waals surface area contributed by atoms with Gasteiger partial charge in [-0.3, -0.25) is 14.7 Å². The standard InChI is InChI=1S/C26H30N8O3/c1-17(35)32-7-5-20(6-8-32)34-24-19(16-31(2)26(34)36)15-27-22-4-3-21(30-23(22)24)18-13-28-25(29-14-18)33-9-11-37-12-10-33/h3-4,13-15,20H,5-12,16H2,1-2H3. The highest BCUT2D eigenvalue weighted by molar-refractivity contribution is 6.04. The first-order valence-electron chi connectivity index (χ1n) is 12.7. The Morgan fingerprint density at radius 3 is 2.43 bits per heavy atom. The minimum atomic E-state index is -0.0494. The van der Waals surface area contributed by atoms with Crippen molar-refractivity contribution in [2.75, 3.05) is 56.2 Å².